The number of rotatable bonds is 12. The Kier molecular flexibility index (Phi) is 9.86. The molecule has 208 valence electrons. The summed E-state index contributed by atoms with van der Waals surface area (Å²) in [6.07, 6.45) is 4.43. The molecule has 1 aliphatic heterocycles. The number of unbranched alkanes of at least 4 members (excludes halogenated alkanes) is 1. The van der Waals surface area contributed by atoms with Crippen LogP contribution in [0.15, 0.2) is 103 Å². The second-order valence-electron chi connectivity index (χ2n) is 10.7. The lowest BCUT2D eigenvalue weighted by Crippen LogP contribution is -2.56. The average molecular weight is 536 g/mol. The molecule has 0 bridgehead atoms. The van der Waals surface area contributed by atoms with E-state index in [1.54, 1.807) is 7.11 Å². The topological polar surface area (TPSA) is 59.8 Å². The van der Waals surface area contributed by atoms with Crippen molar-refractivity contribution in [3.05, 3.63) is 114 Å². The maximum atomic E-state index is 6.02. The third kappa shape index (κ3) is 7.72. The Morgan fingerprint density at radius 1 is 0.750 bits per heavy atom. The van der Waals surface area contributed by atoms with E-state index in [-0.39, 0.29) is 0 Å². The van der Waals surface area contributed by atoms with Crippen molar-refractivity contribution in [1.82, 2.24) is 10.2 Å². The number of methoxy groups -OCH3 is 1. The molecule has 0 aliphatic carbocycles. The van der Waals surface area contributed by atoms with Gasteiger partial charge in [-0.15, -0.1) is 0 Å². The molecule has 3 N–H and O–H groups in total. The zero-order valence-electron chi connectivity index (χ0n) is 23.5. The number of hydrogen-bond donors (Lipinski definition) is 2. The molecule has 40 heavy (non-hydrogen) atoms. The molecular formula is C35H41N3O2. The number of nitrogens with zero attached hydrogens (tertiary/aromatic N) is 1. The van der Waals surface area contributed by atoms with E-state index in [2.05, 4.69) is 89.1 Å². The molecule has 2 atom stereocenters. The number of hydrogen-bond acceptors (Lipinski definition) is 5. The summed E-state index contributed by atoms with van der Waals surface area (Å²) in [7, 11) is 1.67. The molecule has 0 spiro atoms. The van der Waals surface area contributed by atoms with Gasteiger partial charge in [0.25, 0.3) is 0 Å². The van der Waals surface area contributed by atoms with Crippen LogP contribution in [0.2, 0.25) is 0 Å². The third-order valence-electron chi connectivity index (χ3n) is 7.75. The first kappa shape index (κ1) is 27.9. The van der Waals surface area contributed by atoms with Crippen molar-refractivity contribution in [3.63, 3.8) is 0 Å². The van der Waals surface area contributed by atoms with Crippen LogP contribution < -0.4 is 20.5 Å². The summed E-state index contributed by atoms with van der Waals surface area (Å²) < 4.78 is 11.2. The van der Waals surface area contributed by atoms with E-state index in [1.807, 2.05) is 24.3 Å². The lowest BCUT2D eigenvalue weighted by atomic mass is 9.97. The first-order chi connectivity index (χ1) is 19.7. The summed E-state index contributed by atoms with van der Waals surface area (Å²) in [5.74, 6) is 2.46. The van der Waals surface area contributed by atoms with Gasteiger partial charge in [0.2, 0.25) is 0 Å². The standard InChI is InChI=1S/C35H41N3O2/c1-39-33-18-20-35(21-19-33)40-34-16-12-27(13-17-34)23-31-26-38(32(24-37-31)9-5-6-22-36)25-28-10-14-30(15-11-28)29-7-3-2-4-8-29/h2-4,7-8,10-21,31-32,37H,5-6,9,22-26,36H2,1H3/t31-,32-/m0/s1. The predicted octanol–water partition coefficient (Wildman–Crippen LogP) is 6.67. The van der Waals surface area contributed by atoms with Gasteiger partial charge in [0.05, 0.1) is 7.11 Å². The highest BCUT2D eigenvalue weighted by atomic mass is 16.5. The average Bonchev–Trinajstić information content (AvgIpc) is 3.00. The minimum atomic E-state index is 0.405. The minimum Gasteiger partial charge on any atom is -0.497 e. The van der Waals surface area contributed by atoms with Gasteiger partial charge < -0.3 is 20.5 Å². The van der Waals surface area contributed by atoms with E-state index >= 15 is 0 Å². The van der Waals surface area contributed by atoms with Crippen molar-refractivity contribution < 1.29 is 9.47 Å². The molecule has 5 nitrogen and oxygen atoms in total. The summed E-state index contributed by atoms with van der Waals surface area (Å²) in [5.41, 5.74) is 11.0. The molecule has 1 aliphatic rings. The quantitative estimate of drug-likeness (QED) is 0.199. The molecule has 0 radical (unpaired) electrons. The maximum Gasteiger partial charge on any atom is 0.127 e. The fourth-order valence-electron chi connectivity index (χ4n) is 5.49. The van der Waals surface area contributed by atoms with Crippen molar-refractivity contribution in [2.45, 2.75) is 44.3 Å². The van der Waals surface area contributed by atoms with Gasteiger partial charge in [-0.1, -0.05) is 73.2 Å². The van der Waals surface area contributed by atoms with Crippen molar-refractivity contribution in [3.8, 4) is 28.4 Å². The summed E-state index contributed by atoms with van der Waals surface area (Å²) >= 11 is 0. The molecule has 4 aromatic rings. The molecule has 1 fully saturated rings. The summed E-state index contributed by atoms with van der Waals surface area (Å²) in [5, 5.41) is 3.84. The molecule has 5 rings (SSSR count). The molecular weight excluding hydrogens is 494 g/mol. The van der Waals surface area contributed by atoms with Crippen molar-refractivity contribution in [2.24, 2.45) is 5.73 Å². The number of piperazine rings is 1. The summed E-state index contributed by atoms with van der Waals surface area (Å²) in [4.78, 5) is 2.68. The smallest absolute Gasteiger partial charge is 0.127 e. The van der Waals surface area contributed by atoms with E-state index in [0.717, 1.165) is 56.3 Å². The summed E-state index contributed by atoms with van der Waals surface area (Å²) in [6, 6.07) is 36.7. The second kappa shape index (κ2) is 14.1. The second-order valence-corrected chi connectivity index (χ2v) is 10.7. The van der Waals surface area contributed by atoms with E-state index in [9.17, 15) is 0 Å². The van der Waals surface area contributed by atoms with Crippen LogP contribution in [0.25, 0.3) is 11.1 Å². The normalized spacial score (nSPS) is 17.4. The van der Waals surface area contributed by atoms with Crippen LogP contribution in [0.4, 0.5) is 0 Å². The molecule has 0 aromatic heterocycles. The Bertz CT molecular complexity index is 1290. The van der Waals surface area contributed by atoms with Gasteiger partial charge in [0.1, 0.15) is 17.2 Å². The van der Waals surface area contributed by atoms with Crippen molar-refractivity contribution in [1.29, 1.82) is 0 Å². The highest BCUT2D eigenvalue weighted by Crippen LogP contribution is 2.26. The van der Waals surface area contributed by atoms with Crippen LogP contribution in [-0.4, -0.2) is 43.7 Å². The molecule has 0 amide bonds. The van der Waals surface area contributed by atoms with Crippen LogP contribution in [0.3, 0.4) is 0 Å². The van der Waals surface area contributed by atoms with Gasteiger partial charge in [0.15, 0.2) is 0 Å². The monoisotopic (exact) mass is 535 g/mol. The number of benzene rings is 4. The van der Waals surface area contributed by atoms with Crippen molar-refractivity contribution in [2.75, 3.05) is 26.7 Å². The summed E-state index contributed by atoms with van der Waals surface area (Å²) in [6.45, 7) is 3.77. The Labute approximate surface area is 238 Å². The lowest BCUT2D eigenvalue weighted by molar-refractivity contribution is 0.113. The highest BCUT2D eigenvalue weighted by molar-refractivity contribution is 5.63. The Morgan fingerprint density at radius 2 is 1.38 bits per heavy atom. The first-order valence-electron chi connectivity index (χ1n) is 14.4. The minimum absolute atomic E-state index is 0.405. The fourth-order valence-corrected chi connectivity index (χ4v) is 5.49. The number of nitrogens with two attached hydrogens (primary N) is 1. The molecule has 1 saturated heterocycles. The van der Waals surface area contributed by atoms with Crippen LogP contribution in [-0.2, 0) is 13.0 Å². The van der Waals surface area contributed by atoms with Crippen LogP contribution in [0.1, 0.15) is 30.4 Å². The SMILES string of the molecule is COc1ccc(Oc2ccc(C[C@H]3CN(Cc4ccc(-c5ccccc5)cc4)[C@@H](CCCCN)CN3)cc2)cc1. The fraction of sp³-hybridized carbons (Fsp3) is 0.314. The lowest BCUT2D eigenvalue weighted by Gasteiger charge is -2.41. The van der Waals surface area contributed by atoms with E-state index in [4.69, 9.17) is 15.2 Å². The maximum absolute atomic E-state index is 6.02. The largest absolute Gasteiger partial charge is 0.497 e. The zero-order chi connectivity index (χ0) is 27.6. The molecule has 0 saturated carbocycles. The third-order valence-corrected chi connectivity index (χ3v) is 7.75. The van der Waals surface area contributed by atoms with E-state index in [1.165, 1.54) is 35.1 Å². The van der Waals surface area contributed by atoms with Gasteiger partial charge in [-0.25, -0.2) is 0 Å². The van der Waals surface area contributed by atoms with Gasteiger partial charge in [-0.3, -0.25) is 4.90 Å². The zero-order valence-corrected chi connectivity index (χ0v) is 23.5. The Balaban J connectivity index is 1.20. The van der Waals surface area contributed by atoms with Gasteiger partial charge in [0, 0.05) is 31.7 Å². The molecule has 5 heteroatoms. The molecule has 1 heterocycles. The van der Waals surface area contributed by atoms with Crippen LogP contribution >= 0.6 is 0 Å². The molecule has 4 aromatic carbocycles. The highest BCUT2D eigenvalue weighted by Gasteiger charge is 2.27. The molecule has 0 unspecified atom stereocenters. The first-order valence-corrected chi connectivity index (χ1v) is 14.4. The van der Waals surface area contributed by atoms with Gasteiger partial charge in [-0.05, 0) is 84.5 Å². The van der Waals surface area contributed by atoms with E-state index in [0.29, 0.717) is 12.1 Å². The van der Waals surface area contributed by atoms with Gasteiger partial charge in [-0.2, -0.15) is 0 Å². The Hall–Kier alpha value is -3.64. The van der Waals surface area contributed by atoms with Gasteiger partial charge >= 0.3 is 0 Å². The van der Waals surface area contributed by atoms with Crippen LogP contribution in [0.5, 0.6) is 17.2 Å². The predicted molar refractivity (Wildman–Crippen MR) is 164 cm³/mol. The van der Waals surface area contributed by atoms with Crippen LogP contribution in [0, 0.1) is 0 Å². The number of ether oxygens (including phenoxy) is 2. The van der Waals surface area contributed by atoms with E-state index < -0.39 is 0 Å². The van der Waals surface area contributed by atoms with Crippen molar-refractivity contribution >= 4 is 0 Å². The Morgan fingerprint density at radius 3 is 2.05 bits per heavy atom. The number of nitrogens with one attached hydrogen (secondary N) is 1.